The zero-order chi connectivity index (χ0) is 15.2. The Labute approximate surface area is 126 Å². The second-order valence-electron chi connectivity index (χ2n) is 5.15. The van der Waals surface area contributed by atoms with Gasteiger partial charge in [0.05, 0.1) is 6.54 Å². The van der Waals surface area contributed by atoms with Crippen LogP contribution in [-0.4, -0.2) is 6.54 Å². The molecule has 21 heavy (non-hydrogen) atoms. The van der Waals surface area contributed by atoms with E-state index < -0.39 is 0 Å². The van der Waals surface area contributed by atoms with Crippen molar-refractivity contribution in [3.63, 3.8) is 0 Å². The quantitative estimate of drug-likeness (QED) is 0.873. The molecule has 0 aromatic heterocycles. The largest absolute Gasteiger partial charge is 0.488 e. The maximum atomic E-state index is 6.02. The van der Waals surface area contributed by atoms with E-state index in [1.165, 1.54) is 11.1 Å². The van der Waals surface area contributed by atoms with Gasteiger partial charge in [0, 0.05) is 5.56 Å². The Balaban J connectivity index is 2.15. The number of ether oxygens (including phenoxy) is 1. The summed E-state index contributed by atoms with van der Waals surface area (Å²) >= 11 is 0. The summed E-state index contributed by atoms with van der Waals surface area (Å²) in [6.07, 6.45) is 0. The van der Waals surface area contributed by atoms with Crippen molar-refractivity contribution in [1.29, 1.82) is 0 Å². The minimum Gasteiger partial charge on any atom is -0.488 e. The lowest BCUT2D eigenvalue weighted by Gasteiger charge is -2.14. The van der Waals surface area contributed by atoms with Crippen molar-refractivity contribution in [2.24, 2.45) is 5.73 Å². The van der Waals surface area contributed by atoms with Gasteiger partial charge in [-0.2, -0.15) is 0 Å². The first-order valence-corrected chi connectivity index (χ1v) is 7.09. The summed E-state index contributed by atoms with van der Waals surface area (Å²) in [5.74, 6) is 6.89. The molecule has 2 heteroatoms. The first-order valence-electron chi connectivity index (χ1n) is 7.09. The third-order valence-electron chi connectivity index (χ3n) is 3.52. The lowest BCUT2D eigenvalue weighted by molar-refractivity contribution is 0.301. The van der Waals surface area contributed by atoms with E-state index in [4.69, 9.17) is 10.5 Å². The number of rotatable bonds is 3. The van der Waals surface area contributed by atoms with Crippen molar-refractivity contribution in [2.75, 3.05) is 6.54 Å². The fourth-order valence-corrected chi connectivity index (χ4v) is 2.20. The standard InChI is InChI=1S/C19H21NO/c1-14-9-10-15(2)19(16(14)3)21-13-18-7-4-6-17(12-18)8-5-11-20/h4,6-7,9-10,12H,11,13,20H2,1-3H3. The van der Waals surface area contributed by atoms with Crippen LogP contribution in [0.15, 0.2) is 36.4 Å². The zero-order valence-electron chi connectivity index (χ0n) is 12.9. The minimum atomic E-state index is 0.377. The molecule has 0 aliphatic carbocycles. The van der Waals surface area contributed by atoms with E-state index in [0.717, 1.165) is 22.4 Å². The van der Waals surface area contributed by atoms with E-state index in [0.29, 0.717) is 13.2 Å². The van der Waals surface area contributed by atoms with Crippen LogP contribution in [0.5, 0.6) is 5.75 Å². The molecule has 0 atom stereocenters. The van der Waals surface area contributed by atoms with Gasteiger partial charge in [-0.25, -0.2) is 0 Å². The summed E-state index contributed by atoms with van der Waals surface area (Å²) in [6, 6.07) is 12.3. The summed E-state index contributed by atoms with van der Waals surface area (Å²) in [5.41, 5.74) is 11.1. The van der Waals surface area contributed by atoms with Crippen LogP contribution in [-0.2, 0) is 6.61 Å². The SMILES string of the molecule is Cc1ccc(C)c(OCc2cccc(C#CCN)c2)c1C. The van der Waals surface area contributed by atoms with E-state index in [1.807, 2.05) is 24.3 Å². The van der Waals surface area contributed by atoms with Crippen LogP contribution in [0.2, 0.25) is 0 Å². The van der Waals surface area contributed by atoms with Gasteiger partial charge in [0.15, 0.2) is 0 Å². The third-order valence-corrected chi connectivity index (χ3v) is 3.52. The lowest BCUT2D eigenvalue weighted by Crippen LogP contribution is -2.00. The zero-order valence-corrected chi connectivity index (χ0v) is 12.9. The summed E-state index contributed by atoms with van der Waals surface area (Å²) in [5, 5.41) is 0. The van der Waals surface area contributed by atoms with E-state index in [9.17, 15) is 0 Å². The van der Waals surface area contributed by atoms with Gasteiger partial charge in [0.2, 0.25) is 0 Å². The average molecular weight is 279 g/mol. The molecule has 0 unspecified atom stereocenters. The van der Waals surface area contributed by atoms with Crippen molar-refractivity contribution in [1.82, 2.24) is 0 Å². The van der Waals surface area contributed by atoms with Gasteiger partial charge in [-0.05, 0) is 55.2 Å². The maximum absolute atomic E-state index is 6.02. The molecule has 2 aromatic rings. The van der Waals surface area contributed by atoms with Gasteiger partial charge in [-0.15, -0.1) is 0 Å². The second-order valence-corrected chi connectivity index (χ2v) is 5.15. The van der Waals surface area contributed by atoms with E-state index in [1.54, 1.807) is 0 Å². The predicted molar refractivity (Wildman–Crippen MR) is 87.4 cm³/mol. The van der Waals surface area contributed by atoms with Crippen molar-refractivity contribution < 1.29 is 4.74 Å². The van der Waals surface area contributed by atoms with Gasteiger partial charge in [-0.1, -0.05) is 36.1 Å². The molecule has 0 fully saturated rings. The van der Waals surface area contributed by atoms with Crippen molar-refractivity contribution >= 4 is 0 Å². The smallest absolute Gasteiger partial charge is 0.125 e. The Kier molecular flexibility index (Phi) is 5.03. The highest BCUT2D eigenvalue weighted by Crippen LogP contribution is 2.26. The summed E-state index contributed by atoms with van der Waals surface area (Å²) < 4.78 is 6.02. The molecule has 0 saturated heterocycles. The molecule has 108 valence electrons. The Morgan fingerprint density at radius 3 is 2.57 bits per heavy atom. The maximum Gasteiger partial charge on any atom is 0.125 e. The van der Waals surface area contributed by atoms with E-state index in [-0.39, 0.29) is 0 Å². The van der Waals surface area contributed by atoms with Crippen LogP contribution in [0.3, 0.4) is 0 Å². The molecule has 2 rings (SSSR count). The number of hydrogen-bond donors (Lipinski definition) is 1. The monoisotopic (exact) mass is 279 g/mol. The molecule has 0 aliphatic rings. The van der Waals surface area contributed by atoms with E-state index >= 15 is 0 Å². The minimum absolute atomic E-state index is 0.377. The summed E-state index contributed by atoms with van der Waals surface area (Å²) in [6.45, 7) is 7.20. The predicted octanol–water partition coefficient (Wildman–Crippen LogP) is 3.50. The van der Waals surface area contributed by atoms with Gasteiger partial charge in [0.25, 0.3) is 0 Å². The van der Waals surface area contributed by atoms with Gasteiger partial charge < -0.3 is 10.5 Å². The Morgan fingerprint density at radius 1 is 1.05 bits per heavy atom. The van der Waals surface area contributed by atoms with Crippen molar-refractivity contribution in [3.8, 4) is 17.6 Å². The molecule has 2 nitrogen and oxygen atoms in total. The molecular formula is C19H21NO. The summed E-state index contributed by atoms with van der Waals surface area (Å²) in [7, 11) is 0. The number of hydrogen-bond acceptors (Lipinski definition) is 2. The highest BCUT2D eigenvalue weighted by atomic mass is 16.5. The molecule has 0 aliphatic heterocycles. The van der Waals surface area contributed by atoms with Crippen LogP contribution in [0.1, 0.15) is 27.8 Å². The molecule has 0 saturated carbocycles. The Hall–Kier alpha value is -2.24. The molecule has 2 aromatic carbocycles. The van der Waals surface area contributed by atoms with Crippen LogP contribution < -0.4 is 10.5 Å². The van der Waals surface area contributed by atoms with Crippen LogP contribution in [0.25, 0.3) is 0 Å². The molecule has 0 bridgehead atoms. The van der Waals surface area contributed by atoms with Crippen LogP contribution in [0.4, 0.5) is 0 Å². The molecule has 0 spiro atoms. The lowest BCUT2D eigenvalue weighted by atomic mass is 10.1. The van der Waals surface area contributed by atoms with Crippen molar-refractivity contribution in [2.45, 2.75) is 27.4 Å². The molecule has 0 heterocycles. The summed E-state index contributed by atoms with van der Waals surface area (Å²) in [4.78, 5) is 0. The highest BCUT2D eigenvalue weighted by molar-refractivity contribution is 5.45. The fourth-order valence-electron chi connectivity index (χ4n) is 2.20. The van der Waals surface area contributed by atoms with Crippen molar-refractivity contribution in [3.05, 3.63) is 64.2 Å². The number of aryl methyl sites for hydroxylation is 2. The molecule has 2 N–H and O–H groups in total. The van der Waals surface area contributed by atoms with Gasteiger partial charge >= 0.3 is 0 Å². The second kappa shape index (κ2) is 6.97. The third kappa shape index (κ3) is 3.87. The molecular weight excluding hydrogens is 258 g/mol. The first kappa shape index (κ1) is 15.2. The van der Waals surface area contributed by atoms with E-state index in [2.05, 4.69) is 44.7 Å². The average Bonchev–Trinajstić information content (AvgIpc) is 2.49. The Bertz CT molecular complexity index is 692. The fraction of sp³-hybridized carbons (Fsp3) is 0.263. The molecule has 0 amide bonds. The topological polar surface area (TPSA) is 35.2 Å². The van der Waals surface area contributed by atoms with Crippen LogP contribution in [0, 0.1) is 32.6 Å². The highest BCUT2D eigenvalue weighted by Gasteiger charge is 2.06. The van der Waals surface area contributed by atoms with Gasteiger partial charge in [-0.3, -0.25) is 0 Å². The first-order chi connectivity index (χ1) is 10.1. The number of nitrogens with two attached hydrogens (primary N) is 1. The van der Waals surface area contributed by atoms with Gasteiger partial charge in [0.1, 0.15) is 12.4 Å². The molecule has 0 radical (unpaired) electrons. The number of benzene rings is 2. The Morgan fingerprint density at radius 2 is 1.81 bits per heavy atom. The van der Waals surface area contributed by atoms with Crippen LogP contribution >= 0.6 is 0 Å². The normalized spacial score (nSPS) is 9.90.